The molecule has 2 aromatic heterocycles. The normalized spacial score (nSPS) is 17.2. The molecule has 1 unspecified atom stereocenters. The van der Waals surface area contributed by atoms with Crippen molar-refractivity contribution in [3.63, 3.8) is 0 Å². The average Bonchev–Trinajstić information content (AvgIpc) is 3.19. The summed E-state index contributed by atoms with van der Waals surface area (Å²) in [6.07, 6.45) is 11.0. The average molecular weight is 301 g/mol. The van der Waals surface area contributed by atoms with E-state index in [1.54, 1.807) is 12.4 Å². The highest BCUT2D eigenvalue weighted by atomic mass is 16.5. The molecule has 0 N–H and O–H groups in total. The maximum atomic E-state index is 5.44. The zero-order valence-electron chi connectivity index (χ0n) is 13.3. The highest BCUT2D eigenvalue weighted by molar-refractivity contribution is 4.99. The molecule has 0 spiro atoms. The molecule has 1 aliphatic rings. The Morgan fingerprint density at radius 3 is 2.86 bits per heavy atom. The van der Waals surface area contributed by atoms with Crippen LogP contribution >= 0.6 is 0 Å². The minimum atomic E-state index is 0.338. The van der Waals surface area contributed by atoms with Gasteiger partial charge >= 0.3 is 0 Å². The molecule has 0 radical (unpaired) electrons. The maximum absolute atomic E-state index is 5.44. The predicted molar refractivity (Wildman–Crippen MR) is 82.2 cm³/mol. The second-order valence-electron chi connectivity index (χ2n) is 6.20. The molecule has 1 fully saturated rings. The molecule has 1 atom stereocenters. The molecule has 3 rings (SSSR count). The first-order chi connectivity index (χ1) is 10.7. The van der Waals surface area contributed by atoms with Crippen LogP contribution < -0.4 is 0 Å². The van der Waals surface area contributed by atoms with Crippen molar-refractivity contribution in [1.29, 1.82) is 0 Å². The molecule has 118 valence electrons. The van der Waals surface area contributed by atoms with Crippen LogP contribution in [0.15, 0.2) is 23.1 Å². The van der Waals surface area contributed by atoms with Gasteiger partial charge in [0.1, 0.15) is 0 Å². The first kappa shape index (κ1) is 15.1. The smallest absolute Gasteiger partial charge is 0.229 e. The number of hydrogen-bond acceptors (Lipinski definition) is 6. The summed E-state index contributed by atoms with van der Waals surface area (Å²) in [6, 6.07) is 0.338. The largest absolute Gasteiger partial charge is 0.339 e. The molecule has 22 heavy (non-hydrogen) atoms. The summed E-state index contributed by atoms with van der Waals surface area (Å²) in [4.78, 5) is 15.2. The Balaban J connectivity index is 1.55. The van der Waals surface area contributed by atoms with Gasteiger partial charge in [0.15, 0.2) is 5.82 Å². The summed E-state index contributed by atoms with van der Waals surface area (Å²) in [5.41, 5.74) is 1.00. The van der Waals surface area contributed by atoms with Crippen LogP contribution in [0.2, 0.25) is 0 Å². The van der Waals surface area contributed by atoms with Gasteiger partial charge in [0.25, 0.3) is 0 Å². The lowest BCUT2D eigenvalue weighted by Gasteiger charge is -2.22. The molecule has 2 aromatic rings. The predicted octanol–water partition coefficient (Wildman–Crippen LogP) is 2.58. The van der Waals surface area contributed by atoms with Gasteiger partial charge in [-0.25, -0.2) is 0 Å². The van der Waals surface area contributed by atoms with E-state index in [4.69, 9.17) is 4.52 Å². The molecule has 1 saturated carbocycles. The fourth-order valence-electron chi connectivity index (χ4n) is 2.94. The number of nitrogens with zero attached hydrogens (tertiary/aromatic N) is 5. The van der Waals surface area contributed by atoms with Crippen LogP contribution in [0.5, 0.6) is 0 Å². The van der Waals surface area contributed by atoms with E-state index < -0.39 is 0 Å². The van der Waals surface area contributed by atoms with Crippen LogP contribution in [0.1, 0.15) is 55.9 Å². The summed E-state index contributed by atoms with van der Waals surface area (Å²) in [7, 11) is 2.08. The van der Waals surface area contributed by atoms with Crippen LogP contribution in [-0.2, 0) is 13.0 Å². The Hall–Kier alpha value is -1.82. The van der Waals surface area contributed by atoms with E-state index in [-0.39, 0.29) is 0 Å². The van der Waals surface area contributed by atoms with Crippen molar-refractivity contribution in [3.05, 3.63) is 36.0 Å². The van der Waals surface area contributed by atoms with Gasteiger partial charge in [0, 0.05) is 37.0 Å². The van der Waals surface area contributed by atoms with Gasteiger partial charge in [-0.2, -0.15) is 4.98 Å². The summed E-state index contributed by atoms with van der Waals surface area (Å²) in [6.45, 7) is 2.87. The van der Waals surface area contributed by atoms with E-state index in [1.807, 2.05) is 6.20 Å². The second kappa shape index (κ2) is 6.96. The SMILES string of the molecule is CC(Cc1cnccn1)N(C)Cc1noc(C2CCCC2)n1. The maximum Gasteiger partial charge on any atom is 0.229 e. The van der Waals surface area contributed by atoms with Crippen LogP contribution in [0.25, 0.3) is 0 Å². The lowest BCUT2D eigenvalue weighted by molar-refractivity contribution is 0.236. The lowest BCUT2D eigenvalue weighted by atomic mass is 10.1. The summed E-state index contributed by atoms with van der Waals surface area (Å²) in [5.74, 6) is 2.07. The molecule has 2 heterocycles. The van der Waals surface area contributed by atoms with E-state index in [0.29, 0.717) is 18.5 Å². The molecular weight excluding hydrogens is 278 g/mol. The van der Waals surface area contributed by atoms with Crippen molar-refractivity contribution in [1.82, 2.24) is 25.0 Å². The third kappa shape index (κ3) is 3.68. The number of likely N-dealkylation sites (N-methyl/N-ethyl adjacent to an activating group) is 1. The quantitative estimate of drug-likeness (QED) is 0.817. The van der Waals surface area contributed by atoms with Crippen molar-refractivity contribution in [3.8, 4) is 0 Å². The van der Waals surface area contributed by atoms with Gasteiger partial charge < -0.3 is 4.52 Å². The van der Waals surface area contributed by atoms with E-state index in [2.05, 4.69) is 39.0 Å². The zero-order valence-corrected chi connectivity index (χ0v) is 13.3. The molecule has 0 aromatic carbocycles. The Labute approximate surface area is 131 Å². The minimum Gasteiger partial charge on any atom is -0.339 e. The third-order valence-corrected chi connectivity index (χ3v) is 4.45. The van der Waals surface area contributed by atoms with Crippen molar-refractivity contribution in [2.45, 2.75) is 57.5 Å². The molecule has 6 nitrogen and oxygen atoms in total. The monoisotopic (exact) mass is 301 g/mol. The highest BCUT2D eigenvalue weighted by Gasteiger charge is 2.23. The van der Waals surface area contributed by atoms with Gasteiger partial charge in [-0.05, 0) is 26.8 Å². The first-order valence-corrected chi connectivity index (χ1v) is 8.00. The van der Waals surface area contributed by atoms with Gasteiger partial charge in [-0.15, -0.1) is 0 Å². The van der Waals surface area contributed by atoms with Gasteiger partial charge in [-0.1, -0.05) is 18.0 Å². The van der Waals surface area contributed by atoms with Crippen molar-refractivity contribution in [2.75, 3.05) is 7.05 Å². The van der Waals surface area contributed by atoms with Crippen LogP contribution in [-0.4, -0.2) is 38.1 Å². The number of hydrogen-bond donors (Lipinski definition) is 0. The second-order valence-corrected chi connectivity index (χ2v) is 6.20. The fraction of sp³-hybridized carbons (Fsp3) is 0.625. The Bertz CT molecular complexity index is 579. The molecule has 1 aliphatic carbocycles. The van der Waals surface area contributed by atoms with Crippen molar-refractivity contribution in [2.24, 2.45) is 0 Å². The first-order valence-electron chi connectivity index (χ1n) is 8.00. The summed E-state index contributed by atoms with van der Waals surface area (Å²) < 4.78 is 5.44. The Morgan fingerprint density at radius 2 is 2.14 bits per heavy atom. The van der Waals surface area contributed by atoms with Crippen LogP contribution in [0.3, 0.4) is 0 Å². The number of rotatable bonds is 6. The van der Waals surface area contributed by atoms with Crippen molar-refractivity contribution < 1.29 is 4.52 Å². The lowest BCUT2D eigenvalue weighted by Crippen LogP contribution is -2.31. The standard InChI is InChI=1S/C16H23N5O/c1-12(9-14-10-17-7-8-18-14)21(2)11-15-19-16(22-20-15)13-5-3-4-6-13/h7-8,10,12-13H,3-6,9,11H2,1-2H3. The Morgan fingerprint density at radius 1 is 1.32 bits per heavy atom. The van der Waals surface area contributed by atoms with E-state index in [1.165, 1.54) is 25.7 Å². The third-order valence-electron chi connectivity index (χ3n) is 4.45. The molecule has 0 aliphatic heterocycles. The molecule has 0 saturated heterocycles. The van der Waals surface area contributed by atoms with E-state index in [9.17, 15) is 0 Å². The minimum absolute atomic E-state index is 0.338. The van der Waals surface area contributed by atoms with Crippen molar-refractivity contribution >= 4 is 0 Å². The van der Waals surface area contributed by atoms with Gasteiger partial charge in [0.2, 0.25) is 5.89 Å². The van der Waals surface area contributed by atoms with Crippen LogP contribution in [0, 0.1) is 0 Å². The molecule has 6 heteroatoms. The van der Waals surface area contributed by atoms with Crippen LogP contribution in [0.4, 0.5) is 0 Å². The van der Waals surface area contributed by atoms with Gasteiger partial charge in [-0.3, -0.25) is 14.9 Å². The van der Waals surface area contributed by atoms with E-state index >= 15 is 0 Å². The Kier molecular flexibility index (Phi) is 4.77. The van der Waals surface area contributed by atoms with E-state index in [0.717, 1.165) is 23.8 Å². The summed E-state index contributed by atoms with van der Waals surface area (Å²) in [5, 5.41) is 4.13. The molecule has 0 bridgehead atoms. The zero-order chi connectivity index (χ0) is 15.4. The fourth-order valence-corrected chi connectivity index (χ4v) is 2.94. The topological polar surface area (TPSA) is 67.9 Å². The molecular formula is C16H23N5O. The molecule has 0 amide bonds. The summed E-state index contributed by atoms with van der Waals surface area (Å²) >= 11 is 0. The number of aromatic nitrogens is 4. The highest BCUT2D eigenvalue weighted by Crippen LogP contribution is 2.32. The van der Waals surface area contributed by atoms with Gasteiger partial charge in [0.05, 0.1) is 12.2 Å².